The second-order valence-corrected chi connectivity index (χ2v) is 7.23. The molecule has 0 radical (unpaired) electrons. The lowest BCUT2D eigenvalue weighted by molar-refractivity contribution is -0.118. The number of nitrogens with zero attached hydrogens (tertiary/aromatic N) is 4. The van der Waals surface area contributed by atoms with Crippen molar-refractivity contribution in [2.45, 2.75) is 18.2 Å². The summed E-state index contributed by atoms with van der Waals surface area (Å²) >= 11 is 1.35. The Morgan fingerprint density at radius 2 is 2.07 bits per heavy atom. The normalized spacial score (nSPS) is 10.6. The summed E-state index contributed by atoms with van der Waals surface area (Å²) in [4.78, 5) is 14.1. The number of allylic oxidation sites excluding steroid dienone is 1. The van der Waals surface area contributed by atoms with Gasteiger partial charge in [0.2, 0.25) is 5.91 Å². The number of rotatable bonds is 9. The number of hydrogen-bond acceptors (Lipinski definition) is 6. The van der Waals surface area contributed by atoms with E-state index in [-0.39, 0.29) is 11.7 Å². The standard InChI is InChI=1S/C20H23N5O2S/c1-4-11-25-19(15-7-9-16(10-8-15)24(2)3)22-23-20(25)28-14-18(26)21-13-17-6-5-12-27-17/h4-10,12H,1,11,13-14H2,2-3H3,(H,21,26). The van der Waals surface area contributed by atoms with Gasteiger partial charge in [-0.25, -0.2) is 0 Å². The highest BCUT2D eigenvalue weighted by atomic mass is 32.2. The van der Waals surface area contributed by atoms with Crippen molar-refractivity contribution >= 4 is 23.4 Å². The Bertz CT molecular complexity index is 917. The Labute approximate surface area is 168 Å². The number of hydrogen-bond donors (Lipinski definition) is 1. The fourth-order valence-corrected chi connectivity index (χ4v) is 3.37. The van der Waals surface area contributed by atoms with E-state index < -0.39 is 0 Å². The van der Waals surface area contributed by atoms with Gasteiger partial charge in [-0.05, 0) is 36.4 Å². The maximum absolute atomic E-state index is 12.1. The van der Waals surface area contributed by atoms with E-state index in [2.05, 4.69) is 22.1 Å². The molecule has 2 heterocycles. The molecule has 146 valence electrons. The molecule has 0 spiro atoms. The van der Waals surface area contributed by atoms with E-state index in [1.54, 1.807) is 18.4 Å². The SMILES string of the molecule is C=CCn1c(SCC(=O)NCc2ccco2)nnc1-c1ccc(N(C)C)cc1. The first-order valence-corrected chi connectivity index (χ1v) is 9.80. The van der Waals surface area contributed by atoms with Crippen LogP contribution in [-0.2, 0) is 17.9 Å². The highest BCUT2D eigenvalue weighted by Crippen LogP contribution is 2.25. The van der Waals surface area contributed by atoms with Gasteiger partial charge in [0.05, 0.1) is 18.6 Å². The number of carbonyl (C=O) groups is 1. The molecule has 0 aliphatic carbocycles. The zero-order chi connectivity index (χ0) is 19.9. The van der Waals surface area contributed by atoms with Crippen LogP contribution in [0.5, 0.6) is 0 Å². The summed E-state index contributed by atoms with van der Waals surface area (Å²) in [5.41, 5.74) is 2.08. The summed E-state index contributed by atoms with van der Waals surface area (Å²) in [5, 5.41) is 12.1. The van der Waals surface area contributed by atoms with Gasteiger partial charge >= 0.3 is 0 Å². The van der Waals surface area contributed by atoms with Crippen LogP contribution in [0.1, 0.15) is 5.76 Å². The number of benzene rings is 1. The Hall–Kier alpha value is -3.00. The van der Waals surface area contributed by atoms with Crippen LogP contribution in [0.4, 0.5) is 5.69 Å². The van der Waals surface area contributed by atoms with Crippen molar-refractivity contribution in [3.05, 3.63) is 61.1 Å². The van der Waals surface area contributed by atoms with Gasteiger partial charge in [0.25, 0.3) is 0 Å². The first kappa shape index (κ1) is 19.8. The molecule has 28 heavy (non-hydrogen) atoms. The topological polar surface area (TPSA) is 76.2 Å². The van der Waals surface area contributed by atoms with Crippen LogP contribution in [0.2, 0.25) is 0 Å². The van der Waals surface area contributed by atoms with Gasteiger partial charge in [-0.1, -0.05) is 17.8 Å². The molecule has 0 fully saturated rings. The monoisotopic (exact) mass is 397 g/mol. The van der Waals surface area contributed by atoms with Crippen molar-refractivity contribution in [3.8, 4) is 11.4 Å². The molecule has 1 aromatic carbocycles. The maximum atomic E-state index is 12.1. The fraction of sp³-hybridized carbons (Fsp3) is 0.250. The average Bonchev–Trinajstić information content (AvgIpc) is 3.35. The van der Waals surface area contributed by atoms with E-state index in [1.165, 1.54) is 11.8 Å². The van der Waals surface area contributed by atoms with Gasteiger partial charge in [0.15, 0.2) is 11.0 Å². The molecule has 0 aliphatic heterocycles. The third-order valence-corrected chi connectivity index (χ3v) is 5.01. The summed E-state index contributed by atoms with van der Waals surface area (Å²) in [6.07, 6.45) is 3.38. The highest BCUT2D eigenvalue weighted by molar-refractivity contribution is 7.99. The lowest BCUT2D eigenvalue weighted by Crippen LogP contribution is -2.24. The zero-order valence-electron chi connectivity index (χ0n) is 16.0. The van der Waals surface area contributed by atoms with E-state index in [1.807, 2.05) is 53.9 Å². The van der Waals surface area contributed by atoms with Crippen molar-refractivity contribution in [1.82, 2.24) is 20.1 Å². The van der Waals surface area contributed by atoms with Gasteiger partial charge in [0.1, 0.15) is 5.76 Å². The lowest BCUT2D eigenvalue weighted by atomic mass is 10.2. The van der Waals surface area contributed by atoms with Gasteiger partial charge in [0, 0.05) is 31.9 Å². The minimum Gasteiger partial charge on any atom is -0.467 e. The molecule has 0 unspecified atom stereocenters. The molecule has 0 saturated carbocycles. The average molecular weight is 398 g/mol. The number of carbonyl (C=O) groups excluding carboxylic acids is 1. The highest BCUT2D eigenvalue weighted by Gasteiger charge is 2.15. The smallest absolute Gasteiger partial charge is 0.230 e. The second kappa shape index (κ2) is 9.27. The van der Waals surface area contributed by atoms with E-state index in [9.17, 15) is 4.79 Å². The summed E-state index contributed by atoms with van der Waals surface area (Å²) < 4.78 is 7.17. The molecule has 0 aliphatic rings. The first-order chi connectivity index (χ1) is 13.6. The Balaban J connectivity index is 1.68. The molecule has 7 nitrogen and oxygen atoms in total. The van der Waals surface area contributed by atoms with Crippen molar-refractivity contribution in [2.75, 3.05) is 24.7 Å². The number of nitrogens with one attached hydrogen (secondary N) is 1. The van der Waals surface area contributed by atoms with Crippen LogP contribution < -0.4 is 10.2 Å². The fourth-order valence-electron chi connectivity index (χ4n) is 2.59. The Kier molecular flexibility index (Phi) is 6.54. The number of thioether (sulfide) groups is 1. The Morgan fingerprint density at radius 3 is 2.71 bits per heavy atom. The molecule has 0 saturated heterocycles. The molecular weight excluding hydrogens is 374 g/mol. The summed E-state index contributed by atoms with van der Waals surface area (Å²) in [5.74, 6) is 1.63. The predicted octanol–water partition coefficient (Wildman–Crippen LogP) is 3.20. The molecule has 8 heteroatoms. The molecule has 0 atom stereocenters. The van der Waals surface area contributed by atoms with Crippen molar-refractivity contribution in [3.63, 3.8) is 0 Å². The maximum Gasteiger partial charge on any atom is 0.230 e. The number of aromatic nitrogens is 3. The van der Waals surface area contributed by atoms with Crippen LogP contribution in [-0.4, -0.2) is 40.5 Å². The summed E-state index contributed by atoms with van der Waals surface area (Å²) in [7, 11) is 4.00. The van der Waals surface area contributed by atoms with Crippen LogP contribution in [0.25, 0.3) is 11.4 Å². The molecule has 2 aromatic heterocycles. The quantitative estimate of drug-likeness (QED) is 0.441. The van der Waals surface area contributed by atoms with Crippen LogP contribution in [0.15, 0.2) is 64.9 Å². The molecule has 0 bridgehead atoms. The molecule has 1 N–H and O–H groups in total. The van der Waals surface area contributed by atoms with Crippen molar-refractivity contribution in [1.29, 1.82) is 0 Å². The number of amides is 1. The predicted molar refractivity (Wildman–Crippen MR) is 111 cm³/mol. The van der Waals surface area contributed by atoms with Gasteiger partial charge < -0.3 is 14.6 Å². The lowest BCUT2D eigenvalue weighted by Gasteiger charge is -2.13. The van der Waals surface area contributed by atoms with E-state index in [0.29, 0.717) is 18.2 Å². The minimum absolute atomic E-state index is 0.0913. The van der Waals surface area contributed by atoms with Crippen LogP contribution in [0.3, 0.4) is 0 Å². The first-order valence-electron chi connectivity index (χ1n) is 8.82. The van der Waals surface area contributed by atoms with Crippen molar-refractivity contribution in [2.24, 2.45) is 0 Å². The van der Waals surface area contributed by atoms with E-state index in [0.717, 1.165) is 22.8 Å². The summed E-state index contributed by atoms with van der Waals surface area (Å²) in [6, 6.07) is 11.7. The van der Waals surface area contributed by atoms with E-state index in [4.69, 9.17) is 4.42 Å². The van der Waals surface area contributed by atoms with Gasteiger partial charge in [-0.3, -0.25) is 9.36 Å². The minimum atomic E-state index is -0.0913. The Morgan fingerprint density at radius 1 is 1.29 bits per heavy atom. The van der Waals surface area contributed by atoms with Crippen molar-refractivity contribution < 1.29 is 9.21 Å². The largest absolute Gasteiger partial charge is 0.467 e. The van der Waals surface area contributed by atoms with Gasteiger partial charge in [-0.15, -0.1) is 16.8 Å². The van der Waals surface area contributed by atoms with Crippen LogP contribution in [0, 0.1) is 0 Å². The number of anilines is 1. The second-order valence-electron chi connectivity index (χ2n) is 6.29. The third kappa shape index (κ3) is 4.83. The van der Waals surface area contributed by atoms with Gasteiger partial charge in [-0.2, -0.15) is 0 Å². The number of furan rings is 1. The molecule has 3 rings (SSSR count). The summed E-state index contributed by atoms with van der Waals surface area (Å²) in [6.45, 7) is 4.75. The molecular formula is C20H23N5O2S. The van der Waals surface area contributed by atoms with Crippen LogP contribution >= 0.6 is 11.8 Å². The third-order valence-electron chi connectivity index (χ3n) is 4.04. The molecule has 3 aromatic rings. The zero-order valence-corrected chi connectivity index (χ0v) is 16.8. The molecule has 1 amide bonds. The van der Waals surface area contributed by atoms with E-state index >= 15 is 0 Å².